The largest absolute Gasteiger partial charge is 0.377 e. The van der Waals surface area contributed by atoms with Crippen molar-refractivity contribution in [2.75, 3.05) is 26.2 Å². The average molecular weight is 276 g/mol. The fourth-order valence-electron chi connectivity index (χ4n) is 2.50. The third-order valence-corrected chi connectivity index (χ3v) is 3.53. The van der Waals surface area contributed by atoms with Gasteiger partial charge in [-0.25, -0.2) is 0 Å². The van der Waals surface area contributed by atoms with Crippen LogP contribution < -0.4 is 5.32 Å². The van der Waals surface area contributed by atoms with Gasteiger partial charge in [-0.3, -0.25) is 9.69 Å². The number of carbonyl (C=O) groups is 1. The number of carbonyl (C=O) groups excluding carboxylic acids is 1. The fourth-order valence-corrected chi connectivity index (χ4v) is 2.50. The highest BCUT2D eigenvalue weighted by Crippen LogP contribution is 2.15. The van der Waals surface area contributed by atoms with Gasteiger partial charge in [-0.2, -0.15) is 0 Å². The molecule has 0 spiro atoms. The van der Waals surface area contributed by atoms with Crippen LogP contribution in [0, 0.1) is 0 Å². The molecule has 0 bridgehead atoms. The van der Waals surface area contributed by atoms with Gasteiger partial charge < -0.3 is 10.1 Å². The quantitative estimate of drug-likeness (QED) is 0.772. The summed E-state index contributed by atoms with van der Waals surface area (Å²) < 4.78 is 5.86. The van der Waals surface area contributed by atoms with Crippen LogP contribution in [0.4, 0.5) is 0 Å². The third kappa shape index (κ3) is 5.31. The maximum absolute atomic E-state index is 10.7. The molecule has 1 amide bonds. The van der Waals surface area contributed by atoms with Crippen molar-refractivity contribution in [1.29, 1.82) is 0 Å². The molecule has 4 heteroatoms. The summed E-state index contributed by atoms with van der Waals surface area (Å²) in [5, 5.41) is 2.78. The van der Waals surface area contributed by atoms with Crippen LogP contribution in [0.1, 0.15) is 25.3 Å². The highest BCUT2D eigenvalue weighted by Gasteiger charge is 2.22. The van der Waals surface area contributed by atoms with E-state index in [1.54, 1.807) is 6.92 Å². The minimum atomic E-state index is 0.0277. The van der Waals surface area contributed by atoms with E-state index < -0.39 is 0 Å². The zero-order chi connectivity index (χ0) is 14.2. The standard InChI is InChI=1S/C16H24N2O2/c1-14(19)17-9-5-11-20-16-8-10-18(13-16)12-15-6-3-2-4-7-15/h2-4,6-7,16H,5,8-13H2,1H3,(H,17,19). The monoisotopic (exact) mass is 276 g/mol. The molecule has 0 saturated carbocycles. The summed E-state index contributed by atoms with van der Waals surface area (Å²) in [6, 6.07) is 10.6. The van der Waals surface area contributed by atoms with E-state index in [0.717, 1.165) is 39.1 Å². The maximum atomic E-state index is 10.7. The van der Waals surface area contributed by atoms with E-state index >= 15 is 0 Å². The first-order valence-corrected chi connectivity index (χ1v) is 7.36. The van der Waals surface area contributed by atoms with Crippen molar-refractivity contribution >= 4 is 5.91 Å². The summed E-state index contributed by atoms with van der Waals surface area (Å²) in [6.07, 6.45) is 2.33. The minimum Gasteiger partial charge on any atom is -0.377 e. The van der Waals surface area contributed by atoms with Crippen molar-refractivity contribution in [1.82, 2.24) is 10.2 Å². The summed E-state index contributed by atoms with van der Waals surface area (Å²) in [5.41, 5.74) is 1.36. The van der Waals surface area contributed by atoms with E-state index in [4.69, 9.17) is 4.74 Å². The number of ether oxygens (including phenoxy) is 1. The zero-order valence-electron chi connectivity index (χ0n) is 12.2. The van der Waals surface area contributed by atoms with Gasteiger partial charge in [-0.05, 0) is 18.4 Å². The van der Waals surface area contributed by atoms with E-state index in [1.807, 2.05) is 0 Å². The van der Waals surface area contributed by atoms with Crippen LogP contribution in [0.25, 0.3) is 0 Å². The first-order valence-electron chi connectivity index (χ1n) is 7.36. The smallest absolute Gasteiger partial charge is 0.216 e. The van der Waals surface area contributed by atoms with E-state index in [0.29, 0.717) is 12.6 Å². The Labute approximate surface area is 121 Å². The molecule has 4 nitrogen and oxygen atoms in total. The van der Waals surface area contributed by atoms with Crippen LogP contribution in [0.5, 0.6) is 0 Å². The summed E-state index contributed by atoms with van der Waals surface area (Å²) in [5.74, 6) is 0.0277. The number of hydrogen-bond donors (Lipinski definition) is 1. The molecule has 1 unspecified atom stereocenters. The highest BCUT2D eigenvalue weighted by atomic mass is 16.5. The Bertz CT molecular complexity index is 408. The molecular weight excluding hydrogens is 252 g/mol. The summed E-state index contributed by atoms with van der Waals surface area (Å²) >= 11 is 0. The minimum absolute atomic E-state index is 0.0277. The van der Waals surface area contributed by atoms with Gasteiger partial charge in [-0.1, -0.05) is 30.3 Å². The summed E-state index contributed by atoms with van der Waals surface area (Å²) in [7, 11) is 0. The molecule has 1 heterocycles. The maximum Gasteiger partial charge on any atom is 0.216 e. The topological polar surface area (TPSA) is 41.6 Å². The van der Waals surface area contributed by atoms with Crippen LogP contribution in [0.3, 0.4) is 0 Å². The highest BCUT2D eigenvalue weighted by molar-refractivity contribution is 5.72. The number of nitrogens with zero attached hydrogens (tertiary/aromatic N) is 1. The molecule has 2 rings (SSSR count). The predicted octanol–water partition coefficient (Wildman–Crippen LogP) is 1.80. The molecule has 1 aliphatic rings. The number of likely N-dealkylation sites (tertiary alicyclic amines) is 1. The Morgan fingerprint density at radius 3 is 2.95 bits per heavy atom. The number of nitrogens with one attached hydrogen (secondary N) is 1. The molecule has 0 aliphatic carbocycles. The molecule has 0 aromatic heterocycles. The Balaban J connectivity index is 1.59. The van der Waals surface area contributed by atoms with Crippen LogP contribution in [0.15, 0.2) is 30.3 Å². The van der Waals surface area contributed by atoms with Crippen molar-refractivity contribution in [3.05, 3.63) is 35.9 Å². The number of rotatable bonds is 7. The fraction of sp³-hybridized carbons (Fsp3) is 0.562. The molecule has 1 aromatic rings. The molecular formula is C16H24N2O2. The normalized spacial score (nSPS) is 19.1. The van der Waals surface area contributed by atoms with Crippen molar-refractivity contribution in [2.24, 2.45) is 0 Å². The Kier molecular flexibility index (Phi) is 6.02. The van der Waals surface area contributed by atoms with Crippen molar-refractivity contribution < 1.29 is 9.53 Å². The van der Waals surface area contributed by atoms with E-state index in [-0.39, 0.29) is 5.91 Å². The second-order valence-electron chi connectivity index (χ2n) is 5.34. The van der Waals surface area contributed by atoms with E-state index in [1.165, 1.54) is 5.56 Å². The molecule has 1 aliphatic heterocycles. The van der Waals surface area contributed by atoms with Gasteiger partial charge in [0, 0.05) is 39.7 Å². The average Bonchev–Trinajstić information content (AvgIpc) is 2.87. The molecule has 0 radical (unpaired) electrons. The second kappa shape index (κ2) is 8.02. The van der Waals surface area contributed by atoms with Gasteiger partial charge in [0.25, 0.3) is 0 Å². The molecule has 1 fully saturated rings. The van der Waals surface area contributed by atoms with E-state index in [9.17, 15) is 4.79 Å². The molecule has 1 N–H and O–H groups in total. The molecule has 1 aromatic carbocycles. The Morgan fingerprint density at radius 1 is 1.40 bits per heavy atom. The molecule has 1 saturated heterocycles. The Morgan fingerprint density at radius 2 is 2.20 bits per heavy atom. The van der Waals surface area contributed by atoms with Crippen molar-refractivity contribution in [3.8, 4) is 0 Å². The van der Waals surface area contributed by atoms with Crippen LogP contribution in [-0.4, -0.2) is 43.2 Å². The lowest BCUT2D eigenvalue weighted by atomic mass is 10.2. The first-order chi connectivity index (χ1) is 9.74. The number of hydrogen-bond acceptors (Lipinski definition) is 3. The van der Waals surface area contributed by atoms with Gasteiger partial charge in [0.2, 0.25) is 5.91 Å². The SMILES string of the molecule is CC(=O)NCCCOC1CCN(Cc2ccccc2)C1. The lowest BCUT2D eigenvalue weighted by molar-refractivity contribution is -0.119. The second-order valence-corrected chi connectivity index (χ2v) is 5.34. The van der Waals surface area contributed by atoms with Crippen molar-refractivity contribution in [3.63, 3.8) is 0 Å². The van der Waals surface area contributed by atoms with Gasteiger partial charge in [0.15, 0.2) is 0 Å². The van der Waals surface area contributed by atoms with Crippen molar-refractivity contribution in [2.45, 2.75) is 32.4 Å². The van der Waals surface area contributed by atoms with Gasteiger partial charge in [0.05, 0.1) is 6.10 Å². The van der Waals surface area contributed by atoms with Gasteiger partial charge in [-0.15, -0.1) is 0 Å². The Hall–Kier alpha value is -1.39. The van der Waals surface area contributed by atoms with Gasteiger partial charge in [0.1, 0.15) is 0 Å². The number of benzene rings is 1. The van der Waals surface area contributed by atoms with E-state index in [2.05, 4.69) is 40.5 Å². The van der Waals surface area contributed by atoms with Gasteiger partial charge >= 0.3 is 0 Å². The van der Waals surface area contributed by atoms with Crippen LogP contribution >= 0.6 is 0 Å². The molecule has 1 atom stereocenters. The lowest BCUT2D eigenvalue weighted by Crippen LogP contribution is -2.25. The summed E-state index contributed by atoms with van der Waals surface area (Å²) in [4.78, 5) is 13.2. The predicted molar refractivity (Wildman–Crippen MR) is 79.4 cm³/mol. The van der Waals surface area contributed by atoms with Crippen LogP contribution in [0.2, 0.25) is 0 Å². The number of amides is 1. The third-order valence-electron chi connectivity index (χ3n) is 3.53. The summed E-state index contributed by atoms with van der Waals surface area (Å²) in [6.45, 7) is 6.09. The van der Waals surface area contributed by atoms with Crippen LogP contribution in [-0.2, 0) is 16.1 Å². The lowest BCUT2D eigenvalue weighted by Gasteiger charge is -2.16. The zero-order valence-corrected chi connectivity index (χ0v) is 12.2. The molecule has 20 heavy (non-hydrogen) atoms. The molecule has 110 valence electrons. The first kappa shape index (κ1) is 15.0.